The topological polar surface area (TPSA) is 122 Å². The Kier molecular flexibility index (Phi) is 6.50. The van der Waals surface area contributed by atoms with Gasteiger partial charge >= 0.3 is 6.03 Å². The molecule has 1 fully saturated rings. The lowest BCUT2D eigenvalue weighted by molar-refractivity contribution is -0.138. The minimum Gasteiger partial charge on any atom is -0.461 e. The zero-order valence-corrected chi connectivity index (χ0v) is 19.1. The Balaban J connectivity index is 1.35. The number of imide groups is 1. The molecule has 1 aliphatic rings. The highest BCUT2D eigenvalue weighted by Gasteiger charge is 2.48. The molecule has 0 spiro atoms. The summed E-state index contributed by atoms with van der Waals surface area (Å²) < 4.78 is 7.20. The van der Waals surface area contributed by atoms with Crippen molar-refractivity contribution in [2.24, 2.45) is 0 Å². The van der Waals surface area contributed by atoms with Gasteiger partial charge in [0.05, 0.1) is 12.0 Å². The van der Waals surface area contributed by atoms with E-state index in [4.69, 9.17) is 4.42 Å². The maximum absolute atomic E-state index is 12.9. The highest BCUT2D eigenvalue weighted by molar-refractivity contribution is 7.99. The van der Waals surface area contributed by atoms with Gasteiger partial charge < -0.3 is 9.73 Å². The van der Waals surface area contributed by atoms with Crippen molar-refractivity contribution < 1.29 is 18.8 Å². The average Bonchev–Trinajstić information content (AvgIpc) is 3.53. The van der Waals surface area contributed by atoms with Crippen LogP contribution in [0.1, 0.15) is 25.8 Å². The smallest absolute Gasteiger partial charge is 0.344 e. The first-order valence-electron chi connectivity index (χ1n) is 10.5. The Bertz CT molecular complexity index is 1150. The number of urea groups is 1. The maximum atomic E-state index is 12.9. The summed E-state index contributed by atoms with van der Waals surface area (Å²) in [4.78, 5) is 37.8. The molecule has 0 bridgehead atoms. The van der Waals surface area contributed by atoms with Crippen LogP contribution >= 0.6 is 11.8 Å². The monoisotopic (exact) mass is 468 g/mol. The Labute approximate surface area is 194 Å². The van der Waals surface area contributed by atoms with Crippen molar-refractivity contribution in [3.63, 3.8) is 0 Å². The van der Waals surface area contributed by atoms with Gasteiger partial charge in [-0.3, -0.25) is 19.6 Å². The van der Waals surface area contributed by atoms with Crippen LogP contribution in [-0.2, 0) is 22.6 Å². The second-order valence-corrected chi connectivity index (χ2v) is 8.68. The second kappa shape index (κ2) is 9.49. The Morgan fingerprint density at radius 2 is 1.97 bits per heavy atom. The number of thioether (sulfide) groups is 1. The summed E-state index contributed by atoms with van der Waals surface area (Å²) in [6.45, 7) is 4.18. The first-order valence-corrected chi connectivity index (χ1v) is 11.5. The van der Waals surface area contributed by atoms with Crippen molar-refractivity contribution in [1.29, 1.82) is 0 Å². The molecule has 2 N–H and O–H groups in total. The first-order chi connectivity index (χ1) is 15.9. The van der Waals surface area contributed by atoms with Gasteiger partial charge in [0.2, 0.25) is 5.91 Å². The molecule has 11 heteroatoms. The number of aryl methyl sites for hydroxylation is 1. The van der Waals surface area contributed by atoms with Gasteiger partial charge in [-0.25, -0.2) is 4.79 Å². The van der Waals surface area contributed by atoms with E-state index in [2.05, 4.69) is 20.9 Å². The lowest BCUT2D eigenvalue weighted by atomic mass is 9.93. The van der Waals surface area contributed by atoms with Crippen molar-refractivity contribution in [3.8, 4) is 11.6 Å². The molecule has 3 heterocycles. The summed E-state index contributed by atoms with van der Waals surface area (Å²) in [6.07, 6.45) is 2.58. The van der Waals surface area contributed by atoms with Crippen molar-refractivity contribution in [2.75, 3.05) is 5.75 Å². The fourth-order valence-electron chi connectivity index (χ4n) is 3.55. The number of hydrazine groups is 1. The number of amides is 4. The van der Waals surface area contributed by atoms with E-state index in [-0.39, 0.29) is 5.75 Å². The number of furan rings is 1. The van der Waals surface area contributed by atoms with Crippen LogP contribution in [0.4, 0.5) is 4.79 Å². The van der Waals surface area contributed by atoms with Crippen LogP contribution in [0.25, 0.3) is 11.6 Å². The first kappa shape index (κ1) is 22.6. The molecule has 172 valence electrons. The maximum Gasteiger partial charge on any atom is 0.344 e. The third-order valence-corrected chi connectivity index (χ3v) is 6.33. The third kappa shape index (κ3) is 4.77. The molecule has 33 heavy (non-hydrogen) atoms. The van der Waals surface area contributed by atoms with Gasteiger partial charge in [0.15, 0.2) is 16.7 Å². The number of aromatic nitrogens is 3. The van der Waals surface area contributed by atoms with Gasteiger partial charge in [-0.2, -0.15) is 5.01 Å². The van der Waals surface area contributed by atoms with Crippen molar-refractivity contribution in [3.05, 3.63) is 54.3 Å². The zero-order valence-electron chi connectivity index (χ0n) is 18.3. The molecule has 1 aliphatic heterocycles. The lowest BCUT2D eigenvalue weighted by Crippen LogP contribution is -2.49. The number of carbonyl (C=O) groups excluding carboxylic acids is 3. The third-order valence-electron chi connectivity index (χ3n) is 5.36. The predicted octanol–water partition coefficient (Wildman–Crippen LogP) is 2.62. The summed E-state index contributed by atoms with van der Waals surface area (Å²) in [5, 5.41) is 12.3. The number of carbonyl (C=O) groups is 3. The van der Waals surface area contributed by atoms with E-state index in [0.29, 0.717) is 36.1 Å². The number of nitrogens with zero attached hydrogens (tertiary/aromatic N) is 4. The van der Waals surface area contributed by atoms with E-state index in [1.165, 1.54) is 0 Å². The molecule has 2 aromatic heterocycles. The molecule has 0 aliphatic carbocycles. The highest BCUT2D eigenvalue weighted by Crippen LogP contribution is 2.25. The predicted molar refractivity (Wildman–Crippen MR) is 121 cm³/mol. The van der Waals surface area contributed by atoms with Crippen LogP contribution in [-0.4, -0.2) is 48.9 Å². The lowest BCUT2D eigenvalue weighted by Gasteiger charge is -2.21. The van der Waals surface area contributed by atoms with E-state index in [1.54, 1.807) is 25.3 Å². The van der Waals surface area contributed by atoms with E-state index in [1.807, 2.05) is 41.8 Å². The standard InChI is InChI=1S/C22H24N6O4S/c1-3-27-18(16-10-7-13-32-16)24-25-21(27)33-14-17(29)26-28-19(30)22(2,23-20(28)31)12-11-15-8-5-4-6-9-15/h4-10,13H,3,11-12,14H2,1-2H3,(H,23,31)(H,26,29)/t22-/m1/s1. The molecule has 0 unspecified atom stereocenters. The van der Waals surface area contributed by atoms with Crippen LogP contribution in [0.5, 0.6) is 0 Å². The van der Waals surface area contributed by atoms with E-state index in [9.17, 15) is 14.4 Å². The van der Waals surface area contributed by atoms with Crippen LogP contribution in [0.15, 0.2) is 58.3 Å². The van der Waals surface area contributed by atoms with Gasteiger partial charge in [0.1, 0.15) is 5.54 Å². The Hall–Kier alpha value is -3.60. The fraction of sp³-hybridized carbons (Fsp3) is 0.318. The molecule has 1 aromatic carbocycles. The summed E-state index contributed by atoms with van der Waals surface area (Å²) in [5.41, 5.74) is 2.38. The summed E-state index contributed by atoms with van der Waals surface area (Å²) in [6, 6.07) is 12.6. The summed E-state index contributed by atoms with van der Waals surface area (Å²) in [7, 11) is 0. The van der Waals surface area contributed by atoms with Crippen molar-refractivity contribution in [1.82, 2.24) is 30.5 Å². The van der Waals surface area contributed by atoms with Crippen LogP contribution in [0, 0.1) is 0 Å². The van der Waals surface area contributed by atoms with Gasteiger partial charge in [0.25, 0.3) is 5.91 Å². The average molecular weight is 469 g/mol. The minimum atomic E-state index is -1.09. The molecule has 4 rings (SSSR count). The van der Waals surface area contributed by atoms with E-state index in [0.717, 1.165) is 22.3 Å². The van der Waals surface area contributed by atoms with Gasteiger partial charge in [0, 0.05) is 6.54 Å². The summed E-state index contributed by atoms with van der Waals surface area (Å²) in [5.74, 6) is 0.108. The molecule has 10 nitrogen and oxygen atoms in total. The van der Waals surface area contributed by atoms with Gasteiger partial charge in [-0.05, 0) is 44.4 Å². The summed E-state index contributed by atoms with van der Waals surface area (Å²) >= 11 is 1.16. The van der Waals surface area contributed by atoms with Gasteiger partial charge in [-0.1, -0.05) is 42.1 Å². The molecule has 3 aromatic rings. The number of hydrogen-bond donors (Lipinski definition) is 2. The van der Waals surface area contributed by atoms with Crippen LogP contribution in [0.3, 0.4) is 0 Å². The number of nitrogens with one attached hydrogen (secondary N) is 2. The van der Waals surface area contributed by atoms with Gasteiger partial charge in [-0.15, -0.1) is 10.2 Å². The normalized spacial score (nSPS) is 17.9. The second-order valence-electron chi connectivity index (χ2n) is 7.74. The molecule has 1 saturated heterocycles. The largest absolute Gasteiger partial charge is 0.461 e. The number of benzene rings is 1. The van der Waals surface area contributed by atoms with Crippen molar-refractivity contribution in [2.45, 2.75) is 43.9 Å². The van der Waals surface area contributed by atoms with E-state index >= 15 is 0 Å². The highest BCUT2D eigenvalue weighted by atomic mass is 32.2. The van der Waals surface area contributed by atoms with Crippen LogP contribution < -0.4 is 10.7 Å². The number of rotatable bonds is 9. The molecular formula is C22H24N6O4S. The molecular weight excluding hydrogens is 444 g/mol. The molecule has 0 radical (unpaired) electrons. The van der Waals surface area contributed by atoms with E-state index < -0.39 is 23.4 Å². The van der Waals surface area contributed by atoms with Crippen molar-refractivity contribution >= 4 is 29.6 Å². The quantitative estimate of drug-likeness (QED) is 0.366. The Morgan fingerprint density at radius 1 is 1.18 bits per heavy atom. The molecule has 0 saturated carbocycles. The Morgan fingerprint density at radius 3 is 2.67 bits per heavy atom. The molecule has 4 amide bonds. The zero-order chi connectivity index (χ0) is 23.4. The number of hydrogen-bond acceptors (Lipinski definition) is 7. The van der Waals surface area contributed by atoms with Crippen LogP contribution in [0.2, 0.25) is 0 Å². The minimum absolute atomic E-state index is 0.0475. The fourth-order valence-corrected chi connectivity index (χ4v) is 4.34. The molecule has 1 atom stereocenters. The SMILES string of the molecule is CCn1c(SCC(=O)NN2C(=O)N[C@](C)(CCc3ccccc3)C2=O)nnc1-c1ccco1.